The first-order chi connectivity index (χ1) is 56.5. The molecular formula is C109H202N6. The normalized spacial score (nSPS) is 15.2. The van der Waals surface area contributed by atoms with E-state index in [1.165, 1.54) is 130 Å². The van der Waals surface area contributed by atoms with Crippen molar-refractivity contribution in [2.24, 2.45) is 29.1 Å². The molecule has 0 N–H and O–H groups in total. The molecule has 4 unspecified atom stereocenters. The zero-order valence-corrected chi connectivity index (χ0v) is 85.4. The van der Waals surface area contributed by atoms with Gasteiger partial charge in [0.15, 0.2) is 0 Å². The maximum absolute atomic E-state index is 2.84. The molecule has 9 rings (SSSR count). The molecular weight excluding hydrogens is 1390 g/mol. The van der Waals surface area contributed by atoms with Crippen LogP contribution >= 0.6 is 0 Å². The van der Waals surface area contributed by atoms with Gasteiger partial charge in [0, 0.05) is 124 Å². The molecule has 1 spiro atoms. The van der Waals surface area contributed by atoms with Gasteiger partial charge in [-0.15, -0.1) is 0 Å². The van der Waals surface area contributed by atoms with Gasteiger partial charge >= 0.3 is 0 Å². The lowest BCUT2D eigenvalue weighted by Crippen LogP contribution is -2.71. The summed E-state index contributed by atoms with van der Waals surface area (Å²) in [7, 11) is 0. The molecule has 3 aliphatic heterocycles. The molecule has 6 aromatic rings. The van der Waals surface area contributed by atoms with Crippen molar-refractivity contribution < 1.29 is 0 Å². The van der Waals surface area contributed by atoms with Gasteiger partial charge in [0.25, 0.3) is 0 Å². The first-order valence-electron chi connectivity index (χ1n) is 49.5. The van der Waals surface area contributed by atoms with Gasteiger partial charge in [-0.3, -0.25) is 0 Å². The van der Waals surface area contributed by atoms with E-state index in [1.807, 2.05) is 194 Å². The van der Waals surface area contributed by atoms with E-state index in [1.54, 1.807) is 11.4 Å². The van der Waals surface area contributed by atoms with Gasteiger partial charge < -0.3 is 29.4 Å². The Morgan fingerprint density at radius 3 is 0.765 bits per heavy atom. The molecule has 668 valence electrons. The monoisotopic (exact) mass is 1600 g/mol. The fourth-order valence-corrected chi connectivity index (χ4v) is 17.2. The van der Waals surface area contributed by atoms with E-state index in [0.29, 0.717) is 29.1 Å². The van der Waals surface area contributed by atoms with Crippen LogP contribution in [-0.4, -0.2) is 78.5 Å². The molecule has 0 aromatic heterocycles. The number of aryl methyl sites for hydroxylation is 10. The lowest BCUT2D eigenvalue weighted by molar-refractivity contribution is -0.0773. The number of hydrogen-bond donors (Lipinski definition) is 0. The fourth-order valence-electron chi connectivity index (χ4n) is 17.2. The highest BCUT2D eigenvalue weighted by Crippen LogP contribution is 2.59. The first kappa shape index (κ1) is 122. The average Bonchev–Trinajstić information content (AvgIpc) is 0.704. The van der Waals surface area contributed by atoms with Crippen molar-refractivity contribution in [2.75, 3.05) is 108 Å². The van der Waals surface area contributed by atoms with E-state index < -0.39 is 0 Å². The third kappa shape index (κ3) is 36.7. The third-order valence-corrected chi connectivity index (χ3v) is 21.1. The highest BCUT2D eigenvalue weighted by atomic mass is 15.2. The van der Waals surface area contributed by atoms with Crippen LogP contribution in [0.25, 0.3) is 0 Å². The van der Waals surface area contributed by atoms with Crippen LogP contribution in [0.15, 0.2) is 121 Å². The summed E-state index contributed by atoms with van der Waals surface area (Å²) in [5.74, 6) is 2.56. The Kier molecular flexibility index (Phi) is 85.7. The molecule has 4 atom stereocenters. The first-order valence-corrected chi connectivity index (χ1v) is 49.5. The van der Waals surface area contributed by atoms with Crippen LogP contribution in [0.3, 0.4) is 0 Å². The van der Waals surface area contributed by atoms with Crippen molar-refractivity contribution in [1.29, 1.82) is 0 Å². The number of rotatable bonds is 28. The minimum atomic E-state index is 0.353. The van der Waals surface area contributed by atoms with Gasteiger partial charge in [-0.2, -0.15) is 0 Å². The molecule has 0 saturated carbocycles. The minimum absolute atomic E-state index is 0.353. The number of benzene rings is 6. The number of piperidine rings is 3. The molecule has 3 aliphatic rings. The predicted molar refractivity (Wildman–Crippen MR) is 542 cm³/mol. The van der Waals surface area contributed by atoms with E-state index >= 15 is 0 Å². The van der Waals surface area contributed by atoms with E-state index in [4.69, 9.17) is 0 Å². The van der Waals surface area contributed by atoms with Gasteiger partial charge in [0.05, 0.1) is 0 Å². The minimum Gasteiger partial charge on any atom is -0.371 e. The summed E-state index contributed by atoms with van der Waals surface area (Å²) in [6, 6.07) is 46.3. The molecule has 0 bridgehead atoms. The molecule has 3 saturated heterocycles. The molecule has 115 heavy (non-hydrogen) atoms. The second-order valence-corrected chi connectivity index (χ2v) is 26.1. The Morgan fingerprint density at radius 2 is 0.487 bits per heavy atom. The Bertz CT molecular complexity index is 2820. The van der Waals surface area contributed by atoms with Crippen molar-refractivity contribution in [2.45, 2.75) is 381 Å². The Balaban J connectivity index is -0.000000311. The van der Waals surface area contributed by atoms with Crippen LogP contribution in [0.1, 0.15) is 372 Å². The standard InChI is InChI=1S/C41H57N3.C40H61N3.14C2H6/c1-8-31-17-13-14-22-38(31)42-25-36-27-43(39-32(9-2)18-15-19-33(39)10-3)23-29(6)41(36)30(7)24-44(28-37(41)26-42)40-34(11-4)20-16-21-35(40)12-5;1-8-27-42(39-34(11-4)22-17-23-35(39)12-5)31-19-29-41(38-26-16-15-21-33(38)10-3)30-20-32-43(28-9-2)40-36(13-6)24-18-25-37(40)14-7;14*1-2/h13-22,29-30,36-37H,8-12,23-28H2,1-7H3;15-18,21-26H,8-14,19-20,27-32H2,1-7H3;14*1-2H3. The number of anilines is 6. The van der Waals surface area contributed by atoms with Crippen molar-refractivity contribution in [3.63, 3.8) is 0 Å². The Labute approximate surface area is 724 Å². The summed E-state index contributed by atoms with van der Waals surface area (Å²) in [6.07, 6.45) is 15.6. The molecule has 6 heteroatoms. The number of hydrogen-bond acceptors (Lipinski definition) is 6. The fraction of sp³-hybridized carbons (Fsp3) is 0.670. The summed E-state index contributed by atoms with van der Waals surface area (Å²) >= 11 is 0. The number of para-hydroxylation sites is 6. The predicted octanol–water partition coefficient (Wildman–Crippen LogP) is 33.1. The third-order valence-electron chi connectivity index (χ3n) is 21.1. The quantitative estimate of drug-likeness (QED) is 0.0484. The second kappa shape index (κ2) is 80.5. The zero-order valence-electron chi connectivity index (χ0n) is 85.4. The highest BCUT2D eigenvalue weighted by molar-refractivity contribution is 5.65. The van der Waals surface area contributed by atoms with Gasteiger partial charge in [-0.05, 0) is 175 Å². The van der Waals surface area contributed by atoms with Crippen molar-refractivity contribution in [3.05, 3.63) is 177 Å². The lowest BCUT2D eigenvalue weighted by Gasteiger charge is -2.66. The van der Waals surface area contributed by atoms with E-state index in [-0.39, 0.29) is 0 Å². The molecule has 3 heterocycles. The summed E-state index contributed by atoms with van der Waals surface area (Å²) in [6.45, 7) is 103. The average molecular weight is 1600 g/mol. The molecule has 6 aromatic carbocycles. The maximum atomic E-state index is 2.84. The largest absolute Gasteiger partial charge is 0.371 e. The van der Waals surface area contributed by atoms with Crippen LogP contribution in [0.5, 0.6) is 0 Å². The van der Waals surface area contributed by atoms with Crippen LogP contribution in [0.4, 0.5) is 34.1 Å². The topological polar surface area (TPSA) is 19.4 Å². The second-order valence-electron chi connectivity index (χ2n) is 26.1. The molecule has 0 amide bonds. The van der Waals surface area contributed by atoms with Crippen LogP contribution in [0.2, 0.25) is 0 Å². The Hall–Kier alpha value is -5.88. The van der Waals surface area contributed by atoms with Crippen molar-refractivity contribution in [3.8, 4) is 0 Å². The van der Waals surface area contributed by atoms with Gasteiger partial charge in [0.2, 0.25) is 0 Å². The SMILES string of the molecule is CC.CC.CC.CC.CC.CC.CC.CC.CC.CC.CC.CC.CC.CC.CCCN(CCCN(CCCN(CCC)c1c(CC)cccc1CC)c1ccccc1CC)c1c(CC)cccc1CC.CCc1ccccc1N1CC2CN(c3c(CC)cccc3CC)CC(C)C23C(C)CN(c2c(CC)cccc2CC)CC3C1. The van der Waals surface area contributed by atoms with Gasteiger partial charge in [-0.1, -0.05) is 400 Å². The Morgan fingerprint density at radius 1 is 0.252 bits per heavy atom. The van der Waals surface area contributed by atoms with Crippen LogP contribution in [-0.2, 0) is 64.2 Å². The molecule has 3 fully saturated rings. The summed E-state index contributed by atoms with van der Waals surface area (Å²) in [5, 5.41) is 0. The maximum Gasteiger partial charge on any atom is 0.0431 e. The van der Waals surface area contributed by atoms with Crippen LogP contribution < -0.4 is 29.4 Å². The van der Waals surface area contributed by atoms with Crippen LogP contribution in [0, 0.1) is 29.1 Å². The lowest BCUT2D eigenvalue weighted by atomic mass is 9.49. The summed E-state index contributed by atoms with van der Waals surface area (Å²) in [4.78, 5) is 16.6. The van der Waals surface area contributed by atoms with Gasteiger partial charge in [-0.25, -0.2) is 0 Å². The number of nitrogens with zero attached hydrogens (tertiary/aromatic N) is 6. The molecule has 0 aliphatic carbocycles. The van der Waals surface area contributed by atoms with Crippen molar-refractivity contribution >= 4 is 34.1 Å². The molecule has 6 nitrogen and oxygen atoms in total. The van der Waals surface area contributed by atoms with Gasteiger partial charge in [0.1, 0.15) is 0 Å². The molecule has 0 radical (unpaired) electrons. The highest BCUT2D eigenvalue weighted by Gasteiger charge is 2.61. The van der Waals surface area contributed by atoms with E-state index in [2.05, 4.69) is 248 Å². The zero-order chi connectivity index (χ0) is 90.0. The van der Waals surface area contributed by atoms with Crippen molar-refractivity contribution in [1.82, 2.24) is 0 Å². The summed E-state index contributed by atoms with van der Waals surface area (Å²) < 4.78 is 0. The smallest absolute Gasteiger partial charge is 0.0431 e. The summed E-state index contributed by atoms with van der Waals surface area (Å²) in [5.41, 5.74) is 24.4. The van der Waals surface area contributed by atoms with E-state index in [0.717, 1.165) is 116 Å². The van der Waals surface area contributed by atoms with E-state index in [9.17, 15) is 0 Å².